The third-order valence-corrected chi connectivity index (χ3v) is 4.38. The van der Waals surface area contributed by atoms with Crippen molar-refractivity contribution >= 4 is 0 Å². The summed E-state index contributed by atoms with van der Waals surface area (Å²) in [4.78, 5) is 1.91. The number of quaternary nitrogens is 1. The lowest BCUT2D eigenvalue weighted by atomic mass is 9.86. The number of rotatable bonds is 2. The molecule has 1 heteroatoms. The molecule has 0 aromatic rings. The van der Waals surface area contributed by atoms with Crippen molar-refractivity contribution in [3.63, 3.8) is 0 Å². The van der Waals surface area contributed by atoms with Crippen LogP contribution in [0.15, 0.2) is 0 Å². The van der Waals surface area contributed by atoms with Crippen LogP contribution in [-0.2, 0) is 0 Å². The molecule has 0 aromatic heterocycles. The van der Waals surface area contributed by atoms with Crippen molar-refractivity contribution in [1.82, 2.24) is 0 Å². The Kier molecular flexibility index (Phi) is 4.07. The van der Waals surface area contributed by atoms with Crippen molar-refractivity contribution < 1.29 is 4.90 Å². The van der Waals surface area contributed by atoms with Crippen LogP contribution in [0.4, 0.5) is 0 Å². The quantitative estimate of drug-likeness (QED) is 0.712. The van der Waals surface area contributed by atoms with Crippen LogP contribution in [0.1, 0.15) is 52.4 Å². The maximum atomic E-state index is 2.44. The van der Waals surface area contributed by atoms with Gasteiger partial charge in [-0.2, -0.15) is 0 Å². The molecule has 0 amide bonds. The van der Waals surface area contributed by atoms with Gasteiger partial charge in [0.1, 0.15) is 0 Å². The molecular formula is C14H28N+. The molecule has 1 saturated heterocycles. The number of hydrogen-bond donors (Lipinski definition) is 1. The Morgan fingerprint density at radius 2 is 1.53 bits per heavy atom. The Morgan fingerprint density at radius 1 is 0.933 bits per heavy atom. The molecule has 1 nitrogen and oxygen atoms in total. The van der Waals surface area contributed by atoms with E-state index in [1.165, 1.54) is 58.2 Å². The van der Waals surface area contributed by atoms with Crippen molar-refractivity contribution in [3.05, 3.63) is 0 Å². The summed E-state index contributed by atoms with van der Waals surface area (Å²) in [6.45, 7) is 9.25. The first-order chi connectivity index (χ1) is 7.24. The number of hydrogen-bond acceptors (Lipinski definition) is 0. The molecule has 2 aliphatic rings. The molecule has 2 atom stereocenters. The first kappa shape index (κ1) is 11.4. The van der Waals surface area contributed by atoms with E-state index in [0.29, 0.717) is 0 Å². The molecule has 2 rings (SSSR count). The van der Waals surface area contributed by atoms with E-state index in [1.807, 2.05) is 4.90 Å². The summed E-state index contributed by atoms with van der Waals surface area (Å²) in [6.07, 6.45) is 9.01. The summed E-state index contributed by atoms with van der Waals surface area (Å²) in [5.41, 5.74) is 0. The third kappa shape index (κ3) is 3.48. The SMILES string of the molecule is CC1CC(C)C[NH+](CC2CCCCC2)C1. The van der Waals surface area contributed by atoms with Crippen LogP contribution in [-0.4, -0.2) is 19.6 Å². The van der Waals surface area contributed by atoms with Crippen LogP contribution in [0, 0.1) is 17.8 Å². The maximum Gasteiger partial charge on any atom is 0.0799 e. The van der Waals surface area contributed by atoms with Gasteiger partial charge in [-0.25, -0.2) is 0 Å². The summed E-state index contributed by atoms with van der Waals surface area (Å²) < 4.78 is 0. The molecule has 2 unspecified atom stereocenters. The van der Waals surface area contributed by atoms with E-state index in [4.69, 9.17) is 0 Å². The molecule has 1 saturated carbocycles. The molecule has 1 heterocycles. The minimum Gasteiger partial charge on any atom is -0.334 e. The van der Waals surface area contributed by atoms with Crippen LogP contribution in [0.5, 0.6) is 0 Å². The zero-order valence-electron chi connectivity index (χ0n) is 10.6. The Bertz CT molecular complexity index is 174. The van der Waals surface area contributed by atoms with E-state index < -0.39 is 0 Å². The second-order valence-corrected chi connectivity index (χ2v) is 6.31. The van der Waals surface area contributed by atoms with Crippen LogP contribution >= 0.6 is 0 Å². The highest BCUT2D eigenvalue weighted by Gasteiger charge is 2.27. The minimum atomic E-state index is 0.965. The summed E-state index contributed by atoms with van der Waals surface area (Å²) in [5.74, 6) is 2.99. The van der Waals surface area contributed by atoms with Gasteiger partial charge in [-0.15, -0.1) is 0 Å². The van der Waals surface area contributed by atoms with Crippen LogP contribution in [0.2, 0.25) is 0 Å². The van der Waals surface area contributed by atoms with Crippen molar-refractivity contribution in [3.8, 4) is 0 Å². The predicted molar refractivity (Wildman–Crippen MR) is 65.1 cm³/mol. The summed E-state index contributed by atoms with van der Waals surface area (Å²) >= 11 is 0. The van der Waals surface area contributed by atoms with Crippen LogP contribution in [0.3, 0.4) is 0 Å². The molecule has 0 aromatic carbocycles. The van der Waals surface area contributed by atoms with Gasteiger partial charge in [0.2, 0.25) is 0 Å². The van der Waals surface area contributed by atoms with Gasteiger partial charge in [0, 0.05) is 17.8 Å². The lowest BCUT2D eigenvalue weighted by Gasteiger charge is -2.35. The monoisotopic (exact) mass is 210 g/mol. The fourth-order valence-corrected chi connectivity index (χ4v) is 3.89. The largest absolute Gasteiger partial charge is 0.334 e. The maximum absolute atomic E-state index is 2.44. The van der Waals surface area contributed by atoms with E-state index in [-0.39, 0.29) is 0 Å². The predicted octanol–water partition coefficient (Wildman–Crippen LogP) is 2.13. The standard InChI is InChI=1S/C14H27N/c1-12-8-13(2)10-15(9-12)11-14-6-4-3-5-7-14/h12-14H,3-11H2,1-2H3/p+1. The molecule has 88 valence electrons. The fraction of sp³-hybridized carbons (Fsp3) is 1.00. The normalized spacial score (nSPS) is 39.2. The Labute approximate surface area is 95.2 Å². The first-order valence-corrected chi connectivity index (χ1v) is 7.07. The van der Waals surface area contributed by atoms with Crippen molar-refractivity contribution in [2.45, 2.75) is 52.4 Å². The van der Waals surface area contributed by atoms with Gasteiger partial charge in [0.25, 0.3) is 0 Å². The molecule has 1 aliphatic carbocycles. The second-order valence-electron chi connectivity index (χ2n) is 6.31. The zero-order valence-corrected chi connectivity index (χ0v) is 10.6. The van der Waals surface area contributed by atoms with Crippen molar-refractivity contribution in [2.75, 3.05) is 19.6 Å². The first-order valence-electron chi connectivity index (χ1n) is 7.07. The molecule has 0 spiro atoms. The van der Waals surface area contributed by atoms with Gasteiger partial charge in [0.05, 0.1) is 19.6 Å². The molecule has 1 N–H and O–H groups in total. The minimum absolute atomic E-state index is 0.965. The average molecular weight is 210 g/mol. The van der Waals surface area contributed by atoms with Crippen LogP contribution in [0.25, 0.3) is 0 Å². The number of nitrogens with one attached hydrogen (secondary N) is 1. The topological polar surface area (TPSA) is 4.44 Å². The third-order valence-electron chi connectivity index (χ3n) is 4.38. The summed E-state index contributed by atoms with van der Waals surface area (Å²) in [7, 11) is 0. The lowest BCUT2D eigenvalue weighted by molar-refractivity contribution is -0.915. The highest BCUT2D eigenvalue weighted by molar-refractivity contribution is 4.67. The van der Waals surface area contributed by atoms with Gasteiger partial charge < -0.3 is 4.90 Å². The summed E-state index contributed by atoms with van der Waals surface area (Å²) in [5, 5.41) is 0. The number of likely N-dealkylation sites (tertiary alicyclic amines) is 1. The number of piperidine rings is 1. The van der Waals surface area contributed by atoms with E-state index in [1.54, 1.807) is 0 Å². The smallest absolute Gasteiger partial charge is 0.0799 e. The highest BCUT2D eigenvalue weighted by atomic mass is 15.1. The average Bonchev–Trinajstić information content (AvgIpc) is 2.17. The van der Waals surface area contributed by atoms with Crippen molar-refractivity contribution in [1.29, 1.82) is 0 Å². The fourth-order valence-electron chi connectivity index (χ4n) is 3.89. The van der Waals surface area contributed by atoms with Gasteiger partial charge in [0.15, 0.2) is 0 Å². The zero-order chi connectivity index (χ0) is 10.7. The molecule has 0 radical (unpaired) electrons. The van der Waals surface area contributed by atoms with Gasteiger partial charge >= 0.3 is 0 Å². The Morgan fingerprint density at radius 3 is 2.13 bits per heavy atom. The molecule has 1 aliphatic heterocycles. The van der Waals surface area contributed by atoms with Gasteiger partial charge in [-0.1, -0.05) is 33.1 Å². The van der Waals surface area contributed by atoms with E-state index >= 15 is 0 Å². The van der Waals surface area contributed by atoms with E-state index in [0.717, 1.165) is 17.8 Å². The molecular weight excluding hydrogens is 182 g/mol. The molecule has 15 heavy (non-hydrogen) atoms. The van der Waals surface area contributed by atoms with Crippen LogP contribution < -0.4 is 4.90 Å². The van der Waals surface area contributed by atoms with Crippen molar-refractivity contribution in [2.24, 2.45) is 17.8 Å². The van der Waals surface area contributed by atoms with Gasteiger partial charge in [-0.05, 0) is 19.3 Å². The van der Waals surface area contributed by atoms with Gasteiger partial charge in [-0.3, -0.25) is 0 Å². The Balaban J connectivity index is 1.77. The molecule has 0 bridgehead atoms. The molecule has 2 fully saturated rings. The lowest BCUT2D eigenvalue weighted by Crippen LogP contribution is -3.15. The van der Waals surface area contributed by atoms with E-state index in [9.17, 15) is 0 Å². The second kappa shape index (κ2) is 5.34. The summed E-state index contributed by atoms with van der Waals surface area (Å²) in [6, 6.07) is 0. The Hall–Kier alpha value is -0.0400. The highest BCUT2D eigenvalue weighted by Crippen LogP contribution is 2.22. The van der Waals surface area contributed by atoms with E-state index in [2.05, 4.69) is 13.8 Å².